The molecule has 128 valence electrons. The number of nitrogens with zero attached hydrogens (tertiary/aromatic N) is 1. The van der Waals surface area contributed by atoms with Crippen LogP contribution in [-0.4, -0.2) is 29.1 Å². The van der Waals surface area contributed by atoms with E-state index in [4.69, 9.17) is 14.2 Å². The molecule has 2 aromatic rings. The van der Waals surface area contributed by atoms with E-state index >= 15 is 0 Å². The van der Waals surface area contributed by atoms with E-state index in [1.165, 1.54) is 32.4 Å². The van der Waals surface area contributed by atoms with Gasteiger partial charge in [-0.25, -0.2) is 4.79 Å². The summed E-state index contributed by atoms with van der Waals surface area (Å²) < 4.78 is 15.4. The standard InChI is InChI=1S/C14H15N3O7/c1-22-10-4-3-8(5-11(10)23-2)13(17(20)21)24-7-9-6-15-14(19)16-12(9)18/h3-6,13H,7H2,1-2H3,(H2,15,16,18,19). The Balaban J connectivity index is 2.25. The first-order valence-electron chi connectivity index (χ1n) is 6.74. The third kappa shape index (κ3) is 3.79. The number of nitro groups is 1. The number of hydrogen-bond donors (Lipinski definition) is 2. The minimum absolute atomic E-state index is 0.0573. The van der Waals surface area contributed by atoms with Crippen molar-refractivity contribution in [1.82, 2.24) is 9.97 Å². The molecular weight excluding hydrogens is 322 g/mol. The first-order chi connectivity index (χ1) is 11.5. The predicted molar refractivity (Wildman–Crippen MR) is 81.8 cm³/mol. The number of aromatic nitrogens is 2. The van der Waals surface area contributed by atoms with Gasteiger partial charge in [-0.1, -0.05) is 0 Å². The van der Waals surface area contributed by atoms with E-state index in [1.54, 1.807) is 0 Å². The van der Waals surface area contributed by atoms with Crippen molar-refractivity contribution in [2.24, 2.45) is 0 Å². The van der Waals surface area contributed by atoms with E-state index < -0.39 is 22.4 Å². The zero-order valence-corrected chi connectivity index (χ0v) is 12.9. The van der Waals surface area contributed by atoms with Crippen LogP contribution in [-0.2, 0) is 11.3 Å². The fourth-order valence-electron chi connectivity index (χ4n) is 2.00. The molecule has 1 aromatic heterocycles. The van der Waals surface area contributed by atoms with Gasteiger partial charge in [-0.2, -0.15) is 0 Å². The minimum atomic E-state index is -1.52. The molecule has 0 radical (unpaired) electrons. The smallest absolute Gasteiger partial charge is 0.342 e. The Hall–Kier alpha value is -3.14. The van der Waals surface area contributed by atoms with Gasteiger partial charge < -0.3 is 19.2 Å². The van der Waals surface area contributed by atoms with E-state index in [0.29, 0.717) is 11.5 Å². The Morgan fingerprint density at radius 1 is 1.21 bits per heavy atom. The molecule has 0 aliphatic carbocycles. The van der Waals surface area contributed by atoms with Crippen molar-refractivity contribution >= 4 is 0 Å². The average Bonchev–Trinajstić information content (AvgIpc) is 2.56. The van der Waals surface area contributed by atoms with Gasteiger partial charge >= 0.3 is 11.9 Å². The Kier molecular flexibility index (Phi) is 5.32. The molecule has 0 bridgehead atoms. The van der Waals surface area contributed by atoms with Gasteiger partial charge in [0.25, 0.3) is 5.56 Å². The highest BCUT2D eigenvalue weighted by atomic mass is 16.7. The van der Waals surface area contributed by atoms with Crippen LogP contribution in [0, 0.1) is 10.1 Å². The van der Waals surface area contributed by atoms with E-state index in [0.717, 1.165) is 6.20 Å². The van der Waals surface area contributed by atoms with Crippen LogP contribution in [0.2, 0.25) is 0 Å². The maximum absolute atomic E-state index is 11.6. The number of aromatic amines is 2. The summed E-state index contributed by atoms with van der Waals surface area (Å²) in [5, 5.41) is 11.3. The normalized spacial score (nSPS) is 11.8. The van der Waals surface area contributed by atoms with Crippen LogP contribution in [0.3, 0.4) is 0 Å². The van der Waals surface area contributed by atoms with Crippen molar-refractivity contribution in [2.45, 2.75) is 12.8 Å². The van der Waals surface area contributed by atoms with Crippen molar-refractivity contribution in [1.29, 1.82) is 0 Å². The van der Waals surface area contributed by atoms with Crippen molar-refractivity contribution in [3.63, 3.8) is 0 Å². The Bertz CT molecular complexity index is 843. The molecule has 0 saturated carbocycles. The minimum Gasteiger partial charge on any atom is -0.493 e. The molecular formula is C14H15N3O7. The summed E-state index contributed by atoms with van der Waals surface area (Å²) in [5.74, 6) is 0.729. The van der Waals surface area contributed by atoms with E-state index in [9.17, 15) is 19.7 Å². The first kappa shape index (κ1) is 17.2. The van der Waals surface area contributed by atoms with Crippen LogP contribution in [0.4, 0.5) is 0 Å². The molecule has 0 aliphatic rings. The third-order valence-electron chi connectivity index (χ3n) is 3.18. The lowest BCUT2D eigenvalue weighted by atomic mass is 10.1. The molecule has 2 N–H and O–H groups in total. The highest BCUT2D eigenvalue weighted by molar-refractivity contribution is 5.43. The highest BCUT2D eigenvalue weighted by Crippen LogP contribution is 2.31. The molecule has 24 heavy (non-hydrogen) atoms. The van der Waals surface area contributed by atoms with Crippen molar-refractivity contribution in [2.75, 3.05) is 14.2 Å². The quantitative estimate of drug-likeness (QED) is 0.428. The maximum atomic E-state index is 11.6. The zero-order chi connectivity index (χ0) is 17.7. The zero-order valence-electron chi connectivity index (χ0n) is 12.9. The molecule has 0 aliphatic heterocycles. The lowest BCUT2D eigenvalue weighted by Gasteiger charge is -2.13. The number of rotatable bonds is 7. The van der Waals surface area contributed by atoms with Crippen LogP contribution >= 0.6 is 0 Å². The first-order valence-corrected chi connectivity index (χ1v) is 6.74. The van der Waals surface area contributed by atoms with Gasteiger partial charge in [0, 0.05) is 6.20 Å². The number of benzene rings is 1. The molecule has 10 heteroatoms. The Morgan fingerprint density at radius 2 is 1.92 bits per heavy atom. The summed E-state index contributed by atoms with van der Waals surface area (Å²) in [6.45, 7) is -0.355. The van der Waals surface area contributed by atoms with Crippen LogP contribution in [0.15, 0.2) is 34.0 Å². The largest absolute Gasteiger partial charge is 0.493 e. The summed E-state index contributed by atoms with van der Waals surface area (Å²) in [5.41, 5.74) is -1.07. The molecule has 1 aromatic carbocycles. The van der Waals surface area contributed by atoms with Crippen LogP contribution in [0.1, 0.15) is 17.4 Å². The van der Waals surface area contributed by atoms with Crippen LogP contribution in [0.5, 0.6) is 11.5 Å². The number of ether oxygens (including phenoxy) is 3. The summed E-state index contributed by atoms with van der Waals surface area (Å²) in [4.78, 5) is 37.5. The maximum Gasteiger partial charge on any atom is 0.342 e. The molecule has 0 amide bonds. The summed E-state index contributed by atoms with van der Waals surface area (Å²) in [6.07, 6.45) is -0.372. The van der Waals surface area contributed by atoms with Crippen LogP contribution in [0.25, 0.3) is 0 Å². The van der Waals surface area contributed by atoms with Gasteiger partial charge in [0.2, 0.25) is 0 Å². The molecule has 1 atom stereocenters. The van der Waals surface area contributed by atoms with E-state index in [1.807, 2.05) is 4.98 Å². The van der Waals surface area contributed by atoms with Crippen molar-refractivity contribution in [3.05, 3.63) is 66.5 Å². The summed E-state index contributed by atoms with van der Waals surface area (Å²) in [7, 11) is 2.85. The second kappa shape index (κ2) is 7.42. The Morgan fingerprint density at radius 3 is 2.50 bits per heavy atom. The average molecular weight is 337 g/mol. The number of methoxy groups -OCH3 is 2. The Labute approximate surface area is 135 Å². The predicted octanol–water partition coefficient (Wildman–Crippen LogP) is 0.573. The lowest BCUT2D eigenvalue weighted by Crippen LogP contribution is -2.26. The van der Waals surface area contributed by atoms with Gasteiger partial charge in [0.15, 0.2) is 11.5 Å². The summed E-state index contributed by atoms with van der Waals surface area (Å²) in [6, 6.07) is 4.40. The van der Waals surface area contributed by atoms with Crippen LogP contribution < -0.4 is 20.7 Å². The van der Waals surface area contributed by atoms with Gasteiger partial charge in [-0.05, 0) is 18.2 Å². The lowest BCUT2D eigenvalue weighted by molar-refractivity contribution is -0.586. The summed E-state index contributed by atoms with van der Waals surface area (Å²) >= 11 is 0. The van der Waals surface area contributed by atoms with Crippen molar-refractivity contribution < 1.29 is 19.1 Å². The van der Waals surface area contributed by atoms with Gasteiger partial charge in [0.05, 0.1) is 36.9 Å². The molecule has 1 unspecified atom stereocenters. The molecule has 10 nitrogen and oxygen atoms in total. The monoisotopic (exact) mass is 337 g/mol. The topological polar surface area (TPSA) is 137 Å². The number of hydrogen-bond acceptors (Lipinski definition) is 7. The van der Waals surface area contributed by atoms with Gasteiger partial charge in [0.1, 0.15) is 0 Å². The van der Waals surface area contributed by atoms with Gasteiger partial charge in [-0.3, -0.25) is 19.9 Å². The fourth-order valence-corrected chi connectivity index (χ4v) is 2.00. The van der Waals surface area contributed by atoms with E-state index in [-0.39, 0.29) is 17.7 Å². The fraction of sp³-hybridized carbons (Fsp3) is 0.286. The van der Waals surface area contributed by atoms with Gasteiger partial charge in [-0.15, -0.1) is 0 Å². The molecule has 0 fully saturated rings. The molecule has 2 rings (SSSR count). The second-order valence-corrected chi connectivity index (χ2v) is 4.66. The molecule has 1 heterocycles. The third-order valence-corrected chi connectivity index (χ3v) is 3.18. The SMILES string of the molecule is COc1ccc(C(OCc2c[nH]c(=O)[nH]c2=O)[N+](=O)[O-])cc1OC. The molecule has 0 spiro atoms. The van der Waals surface area contributed by atoms with Crippen molar-refractivity contribution in [3.8, 4) is 11.5 Å². The number of H-pyrrole nitrogens is 2. The molecule has 0 saturated heterocycles. The van der Waals surface area contributed by atoms with E-state index in [2.05, 4.69) is 4.98 Å². The number of nitrogens with one attached hydrogen (secondary N) is 2. The highest BCUT2D eigenvalue weighted by Gasteiger charge is 2.25. The second-order valence-electron chi connectivity index (χ2n) is 4.66.